The summed E-state index contributed by atoms with van der Waals surface area (Å²) in [7, 11) is 0. The van der Waals surface area contributed by atoms with Crippen LogP contribution in [0.15, 0.2) is 53.4 Å². The predicted molar refractivity (Wildman–Crippen MR) is 78.7 cm³/mol. The van der Waals surface area contributed by atoms with Crippen LogP contribution in [0.1, 0.15) is 11.1 Å². The fourth-order valence-corrected chi connectivity index (χ4v) is 2.66. The van der Waals surface area contributed by atoms with Crippen molar-refractivity contribution in [3.05, 3.63) is 59.7 Å². The lowest BCUT2D eigenvalue weighted by Crippen LogP contribution is -2.05. The van der Waals surface area contributed by atoms with Gasteiger partial charge < -0.3 is 5.11 Å². The standard InChI is InChI=1S/C16H16O2S/c1-12-4-2-3-5-16(12)19-11-15(18)10-13-6-8-14(17)9-7-13/h2-9,17H,10-11H2,1H3. The van der Waals surface area contributed by atoms with Crippen molar-refractivity contribution in [2.24, 2.45) is 0 Å². The summed E-state index contributed by atoms with van der Waals surface area (Å²) >= 11 is 1.58. The number of phenols is 1. The first kappa shape index (κ1) is 13.7. The Bertz CT molecular complexity index is 561. The number of benzene rings is 2. The first-order chi connectivity index (χ1) is 9.15. The zero-order chi connectivity index (χ0) is 13.7. The molecule has 2 aromatic rings. The number of aromatic hydroxyl groups is 1. The maximum Gasteiger partial charge on any atom is 0.147 e. The molecule has 0 atom stereocenters. The monoisotopic (exact) mass is 272 g/mol. The maximum absolute atomic E-state index is 11.9. The second kappa shape index (κ2) is 6.43. The van der Waals surface area contributed by atoms with Gasteiger partial charge in [0.2, 0.25) is 0 Å². The molecule has 0 unspecified atom stereocenters. The number of carbonyl (C=O) groups is 1. The molecule has 0 amide bonds. The molecule has 0 fully saturated rings. The number of Topliss-reactive ketones (excluding diaryl/α,β-unsaturated/α-hetero) is 1. The molecule has 2 rings (SSSR count). The Morgan fingerprint density at radius 3 is 2.47 bits per heavy atom. The van der Waals surface area contributed by atoms with Crippen LogP contribution in [0, 0.1) is 6.92 Å². The lowest BCUT2D eigenvalue weighted by atomic mass is 10.1. The van der Waals surface area contributed by atoms with Crippen LogP contribution in [0.5, 0.6) is 5.75 Å². The number of ketones is 1. The third kappa shape index (κ3) is 4.14. The summed E-state index contributed by atoms with van der Waals surface area (Å²) in [4.78, 5) is 13.1. The lowest BCUT2D eigenvalue weighted by Gasteiger charge is -2.05. The van der Waals surface area contributed by atoms with Crippen LogP contribution in [0.2, 0.25) is 0 Å². The van der Waals surface area contributed by atoms with Crippen LogP contribution in [-0.4, -0.2) is 16.6 Å². The van der Waals surface area contributed by atoms with E-state index >= 15 is 0 Å². The van der Waals surface area contributed by atoms with E-state index in [1.807, 2.05) is 31.2 Å². The molecule has 0 spiro atoms. The summed E-state index contributed by atoms with van der Waals surface area (Å²) in [5, 5.41) is 9.18. The van der Waals surface area contributed by atoms with Crippen LogP contribution >= 0.6 is 11.8 Å². The maximum atomic E-state index is 11.9. The Morgan fingerprint density at radius 2 is 1.79 bits per heavy atom. The van der Waals surface area contributed by atoms with Gasteiger partial charge in [0, 0.05) is 11.3 Å². The minimum Gasteiger partial charge on any atom is -0.508 e. The zero-order valence-corrected chi connectivity index (χ0v) is 11.6. The molecule has 0 radical (unpaired) electrons. The molecular formula is C16H16O2S. The SMILES string of the molecule is Cc1ccccc1SCC(=O)Cc1ccc(O)cc1. The molecule has 2 nitrogen and oxygen atoms in total. The number of rotatable bonds is 5. The topological polar surface area (TPSA) is 37.3 Å². The van der Waals surface area contributed by atoms with Crippen LogP contribution in [0.4, 0.5) is 0 Å². The van der Waals surface area contributed by atoms with Gasteiger partial charge in [0.15, 0.2) is 0 Å². The first-order valence-corrected chi connectivity index (χ1v) is 7.12. The van der Waals surface area contributed by atoms with Crippen molar-refractivity contribution in [1.29, 1.82) is 0 Å². The normalized spacial score (nSPS) is 10.4. The second-order valence-electron chi connectivity index (χ2n) is 4.44. The molecular weight excluding hydrogens is 256 g/mol. The molecule has 0 aliphatic rings. The summed E-state index contributed by atoms with van der Waals surface area (Å²) in [6.45, 7) is 2.05. The van der Waals surface area contributed by atoms with Crippen LogP contribution in [0.25, 0.3) is 0 Å². The van der Waals surface area contributed by atoms with Crippen LogP contribution < -0.4 is 0 Å². The third-order valence-corrected chi connectivity index (χ3v) is 4.06. The highest BCUT2D eigenvalue weighted by atomic mass is 32.2. The van der Waals surface area contributed by atoms with E-state index in [1.54, 1.807) is 36.0 Å². The highest BCUT2D eigenvalue weighted by molar-refractivity contribution is 8.00. The molecule has 0 saturated heterocycles. The van der Waals surface area contributed by atoms with Gasteiger partial charge in [0.1, 0.15) is 11.5 Å². The van der Waals surface area contributed by atoms with Crippen molar-refractivity contribution in [3.63, 3.8) is 0 Å². The molecule has 2 aromatic carbocycles. The van der Waals surface area contributed by atoms with Gasteiger partial charge >= 0.3 is 0 Å². The van der Waals surface area contributed by atoms with E-state index in [2.05, 4.69) is 0 Å². The Morgan fingerprint density at radius 1 is 1.11 bits per heavy atom. The minimum absolute atomic E-state index is 0.193. The molecule has 0 aliphatic heterocycles. The Hall–Kier alpha value is -1.74. The van der Waals surface area contributed by atoms with Crippen molar-refractivity contribution in [1.82, 2.24) is 0 Å². The number of aryl methyl sites for hydroxylation is 1. The number of thioether (sulfide) groups is 1. The van der Waals surface area contributed by atoms with Gasteiger partial charge in [0.05, 0.1) is 5.75 Å². The van der Waals surface area contributed by atoms with Gasteiger partial charge in [-0.3, -0.25) is 4.79 Å². The van der Waals surface area contributed by atoms with E-state index < -0.39 is 0 Å². The summed E-state index contributed by atoms with van der Waals surface area (Å²) in [5.41, 5.74) is 2.14. The van der Waals surface area contributed by atoms with E-state index in [-0.39, 0.29) is 11.5 Å². The van der Waals surface area contributed by atoms with E-state index in [9.17, 15) is 9.90 Å². The first-order valence-electron chi connectivity index (χ1n) is 6.13. The van der Waals surface area contributed by atoms with Crippen molar-refractivity contribution in [3.8, 4) is 5.75 Å². The van der Waals surface area contributed by atoms with Crippen molar-refractivity contribution < 1.29 is 9.90 Å². The number of hydrogen-bond acceptors (Lipinski definition) is 3. The number of hydrogen-bond donors (Lipinski definition) is 1. The highest BCUT2D eigenvalue weighted by Crippen LogP contribution is 2.22. The predicted octanol–water partition coefficient (Wildman–Crippen LogP) is 3.60. The third-order valence-electron chi connectivity index (χ3n) is 2.82. The molecule has 19 heavy (non-hydrogen) atoms. The molecule has 0 bridgehead atoms. The fourth-order valence-electron chi connectivity index (χ4n) is 1.77. The van der Waals surface area contributed by atoms with Gasteiger partial charge in [-0.2, -0.15) is 0 Å². The summed E-state index contributed by atoms with van der Waals surface area (Å²) in [6.07, 6.45) is 0.416. The van der Waals surface area contributed by atoms with E-state index in [1.165, 1.54) is 5.56 Å². The molecule has 0 saturated carbocycles. The number of phenolic OH excluding ortho intramolecular Hbond substituents is 1. The zero-order valence-electron chi connectivity index (χ0n) is 10.8. The molecule has 0 heterocycles. The van der Waals surface area contributed by atoms with E-state index in [0.29, 0.717) is 12.2 Å². The quantitative estimate of drug-likeness (QED) is 0.845. The van der Waals surface area contributed by atoms with E-state index in [4.69, 9.17) is 0 Å². The summed E-state index contributed by atoms with van der Waals surface area (Å²) in [5.74, 6) is 0.899. The van der Waals surface area contributed by atoms with Gasteiger partial charge in [-0.15, -0.1) is 11.8 Å². The molecule has 98 valence electrons. The van der Waals surface area contributed by atoms with Crippen molar-refractivity contribution in [2.75, 3.05) is 5.75 Å². The van der Waals surface area contributed by atoms with Crippen molar-refractivity contribution >= 4 is 17.5 Å². The van der Waals surface area contributed by atoms with Crippen LogP contribution in [0.3, 0.4) is 0 Å². The molecule has 3 heteroatoms. The second-order valence-corrected chi connectivity index (χ2v) is 5.45. The number of carbonyl (C=O) groups excluding carboxylic acids is 1. The van der Waals surface area contributed by atoms with E-state index in [0.717, 1.165) is 10.5 Å². The fraction of sp³-hybridized carbons (Fsp3) is 0.188. The summed E-state index contributed by atoms with van der Waals surface area (Å²) in [6, 6.07) is 14.9. The average molecular weight is 272 g/mol. The Balaban J connectivity index is 1.88. The van der Waals surface area contributed by atoms with Gasteiger partial charge in [-0.1, -0.05) is 30.3 Å². The van der Waals surface area contributed by atoms with Gasteiger partial charge in [0.25, 0.3) is 0 Å². The minimum atomic E-state index is 0.193. The summed E-state index contributed by atoms with van der Waals surface area (Å²) < 4.78 is 0. The largest absolute Gasteiger partial charge is 0.508 e. The smallest absolute Gasteiger partial charge is 0.147 e. The Labute approximate surface area is 117 Å². The van der Waals surface area contributed by atoms with Crippen molar-refractivity contribution in [2.45, 2.75) is 18.2 Å². The Kier molecular flexibility index (Phi) is 4.63. The van der Waals surface area contributed by atoms with Crippen LogP contribution in [-0.2, 0) is 11.2 Å². The molecule has 0 aliphatic carbocycles. The lowest BCUT2D eigenvalue weighted by molar-refractivity contribution is -0.116. The average Bonchev–Trinajstić information content (AvgIpc) is 2.40. The van der Waals surface area contributed by atoms with Gasteiger partial charge in [-0.25, -0.2) is 0 Å². The highest BCUT2D eigenvalue weighted by Gasteiger charge is 2.06. The molecule has 1 N–H and O–H groups in total. The molecule has 0 aromatic heterocycles. The van der Waals surface area contributed by atoms with Gasteiger partial charge in [-0.05, 0) is 36.2 Å².